The van der Waals surface area contributed by atoms with E-state index in [9.17, 15) is 22.0 Å². The molecule has 2 aromatic heterocycles. The monoisotopic (exact) mass is 509 g/mol. The summed E-state index contributed by atoms with van der Waals surface area (Å²) in [6, 6.07) is 16.3. The normalized spacial score (nSPS) is 11.5. The fourth-order valence-electron chi connectivity index (χ4n) is 3.86. The molecular formula is C25H17F2N3O5S. The molecule has 5 aromatic rings. The average Bonchev–Trinajstić information content (AvgIpc) is 3.36. The summed E-state index contributed by atoms with van der Waals surface area (Å²) in [4.78, 5) is 12.9. The van der Waals surface area contributed by atoms with Crippen molar-refractivity contribution < 1.29 is 26.5 Å². The molecule has 0 spiro atoms. The molecule has 0 aliphatic carbocycles. The van der Waals surface area contributed by atoms with E-state index >= 15 is 0 Å². The Morgan fingerprint density at radius 1 is 0.972 bits per heavy atom. The van der Waals surface area contributed by atoms with E-state index in [0.717, 1.165) is 12.1 Å². The molecule has 0 aliphatic heterocycles. The lowest BCUT2D eigenvalue weighted by Crippen LogP contribution is -2.19. The topological polar surface area (TPSA) is 103 Å². The van der Waals surface area contributed by atoms with Gasteiger partial charge in [0.25, 0.3) is 15.6 Å². The maximum Gasteiger partial charge on any atom is 0.263 e. The van der Waals surface area contributed by atoms with E-state index in [1.165, 1.54) is 60.4 Å². The highest BCUT2D eigenvalue weighted by Crippen LogP contribution is 2.32. The SMILES string of the molecule is COc1ccc(-c2ccc(F)cc2F)cc1-n1c(=O)ccc2cc(S(=O)(=O)Nc3ccon3)ccc21. The van der Waals surface area contributed by atoms with E-state index in [-0.39, 0.29) is 16.3 Å². The van der Waals surface area contributed by atoms with Crippen molar-refractivity contribution in [1.29, 1.82) is 0 Å². The van der Waals surface area contributed by atoms with Crippen molar-refractivity contribution in [3.05, 3.63) is 101 Å². The molecule has 2 heterocycles. The van der Waals surface area contributed by atoms with Gasteiger partial charge in [0.2, 0.25) is 0 Å². The van der Waals surface area contributed by atoms with E-state index < -0.39 is 27.2 Å². The minimum atomic E-state index is -3.98. The third kappa shape index (κ3) is 4.20. The number of rotatable bonds is 6. The lowest BCUT2D eigenvalue weighted by molar-refractivity contribution is 0.413. The minimum absolute atomic E-state index is 0.0228. The van der Waals surface area contributed by atoms with Crippen LogP contribution in [-0.2, 0) is 10.0 Å². The Morgan fingerprint density at radius 2 is 1.81 bits per heavy atom. The van der Waals surface area contributed by atoms with Crippen molar-refractivity contribution in [3.8, 4) is 22.6 Å². The summed E-state index contributed by atoms with van der Waals surface area (Å²) in [5, 5.41) is 3.99. The Bertz CT molecular complexity index is 1770. The summed E-state index contributed by atoms with van der Waals surface area (Å²) < 4.78 is 67.2. The number of halogens is 2. The molecule has 0 bridgehead atoms. The average molecular weight is 509 g/mol. The molecule has 5 rings (SSSR count). The molecule has 0 aliphatic rings. The highest BCUT2D eigenvalue weighted by Gasteiger charge is 2.19. The molecule has 0 radical (unpaired) electrons. The molecule has 11 heteroatoms. The Labute approximate surface area is 203 Å². The molecule has 0 atom stereocenters. The molecule has 0 saturated carbocycles. The number of nitrogens with zero attached hydrogens (tertiary/aromatic N) is 2. The second-order valence-corrected chi connectivity index (χ2v) is 9.41. The third-order valence-corrected chi connectivity index (χ3v) is 6.87. The second kappa shape index (κ2) is 8.93. The number of pyridine rings is 1. The Hall–Kier alpha value is -4.51. The maximum absolute atomic E-state index is 14.5. The molecule has 36 heavy (non-hydrogen) atoms. The van der Waals surface area contributed by atoms with Gasteiger partial charge in [-0.2, -0.15) is 0 Å². The number of ether oxygens (including phenoxy) is 1. The van der Waals surface area contributed by atoms with Crippen LogP contribution in [0.25, 0.3) is 27.7 Å². The van der Waals surface area contributed by atoms with Crippen molar-refractivity contribution >= 4 is 26.7 Å². The molecular weight excluding hydrogens is 492 g/mol. The molecule has 8 nitrogen and oxygen atoms in total. The number of fused-ring (bicyclic) bond motifs is 1. The summed E-state index contributed by atoms with van der Waals surface area (Å²) in [6.07, 6.45) is 1.23. The van der Waals surface area contributed by atoms with Crippen LogP contribution in [-0.4, -0.2) is 25.3 Å². The lowest BCUT2D eigenvalue weighted by atomic mass is 10.0. The van der Waals surface area contributed by atoms with Crippen LogP contribution >= 0.6 is 0 Å². The highest BCUT2D eigenvalue weighted by molar-refractivity contribution is 7.92. The van der Waals surface area contributed by atoms with E-state index in [4.69, 9.17) is 4.74 Å². The van der Waals surface area contributed by atoms with Crippen LogP contribution < -0.4 is 15.0 Å². The number of benzene rings is 3. The maximum atomic E-state index is 14.5. The van der Waals surface area contributed by atoms with Crippen molar-refractivity contribution in [2.75, 3.05) is 11.8 Å². The summed E-state index contributed by atoms with van der Waals surface area (Å²) in [5.41, 5.74) is 0.793. The zero-order valence-corrected chi connectivity index (χ0v) is 19.4. The van der Waals surface area contributed by atoms with Gasteiger partial charge < -0.3 is 9.26 Å². The van der Waals surface area contributed by atoms with Crippen LogP contribution in [0.1, 0.15) is 0 Å². The first-order valence-electron chi connectivity index (χ1n) is 10.5. The molecule has 1 N–H and O–H groups in total. The quantitative estimate of drug-likeness (QED) is 0.355. The van der Waals surface area contributed by atoms with Crippen LogP contribution in [0.2, 0.25) is 0 Å². The van der Waals surface area contributed by atoms with E-state index in [1.54, 1.807) is 18.2 Å². The summed E-state index contributed by atoms with van der Waals surface area (Å²) in [7, 11) is -2.56. The van der Waals surface area contributed by atoms with Gasteiger partial charge >= 0.3 is 0 Å². The van der Waals surface area contributed by atoms with Gasteiger partial charge in [0.15, 0.2) is 5.82 Å². The third-order valence-electron chi connectivity index (χ3n) is 5.51. The van der Waals surface area contributed by atoms with Crippen molar-refractivity contribution in [1.82, 2.24) is 9.72 Å². The smallest absolute Gasteiger partial charge is 0.263 e. The van der Waals surface area contributed by atoms with E-state index in [0.29, 0.717) is 27.9 Å². The predicted molar refractivity (Wildman–Crippen MR) is 129 cm³/mol. The number of methoxy groups -OCH3 is 1. The fraction of sp³-hybridized carbons (Fsp3) is 0.0400. The Kier molecular flexibility index (Phi) is 5.77. The minimum Gasteiger partial charge on any atom is -0.495 e. The Morgan fingerprint density at radius 3 is 2.53 bits per heavy atom. The first kappa shape index (κ1) is 23.2. The first-order chi connectivity index (χ1) is 17.3. The largest absolute Gasteiger partial charge is 0.495 e. The van der Waals surface area contributed by atoms with Gasteiger partial charge in [-0.3, -0.25) is 14.1 Å². The van der Waals surface area contributed by atoms with Crippen LogP contribution in [0.4, 0.5) is 14.6 Å². The number of hydrogen-bond acceptors (Lipinski definition) is 6. The van der Waals surface area contributed by atoms with Gasteiger partial charge in [-0.1, -0.05) is 11.2 Å². The van der Waals surface area contributed by atoms with Crippen LogP contribution in [0, 0.1) is 11.6 Å². The van der Waals surface area contributed by atoms with Crippen molar-refractivity contribution in [2.24, 2.45) is 0 Å². The molecule has 3 aromatic carbocycles. The van der Waals surface area contributed by atoms with Crippen molar-refractivity contribution in [2.45, 2.75) is 4.90 Å². The molecule has 182 valence electrons. The van der Waals surface area contributed by atoms with Gasteiger partial charge in [-0.05, 0) is 54.1 Å². The number of sulfonamides is 1. The first-order valence-corrected chi connectivity index (χ1v) is 12.0. The summed E-state index contributed by atoms with van der Waals surface area (Å²) >= 11 is 0. The van der Waals surface area contributed by atoms with Gasteiger partial charge in [0.05, 0.1) is 23.2 Å². The van der Waals surface area contributed by atoms with Crippen LogP contribution in [0.15, 0.2) is 93.3 Å². The number of aromatic nitrogens is 2. The number of anilines is 1. The zero-order chi connectivity index (χ0) is 25.4. The van der Waals surface area contributed by atoms with Crippen molar-refractivity contribution in [3.63, 3.8) is 0 Å². The lowest BCUT2D eigenvalue weighted by Gasteiger charge is -2.16. The predicted octanol–water partition coefficient (Wildman–Crippen LogP) is 4.73. The number of nitrogens with one attached hydrogen (secondary N) is 1. The zero-order valence-electron chi connectivity index (χ0n) is 18.6. The van der Waals surface area contributed by atoms with E-state index in [1.807, 2.05) is 0 Å². The van der Waals surface area contributed by atoms with Gasteiger partial charge in [0, 0.05) is 29.1 Å². The Balaban J connectivity index is 1.67. The molecule has 0 unspecified atom stereocenters. The van der Waals surface area contributed by atoms with E-state index in [2.05, 4.69) is 14.4 Å². The molecule has 0 amide bonds. The highest BCUT2D eigenvalue weighted by atomic mass is 32.2. The van der Waals surface area contributed by atoms with Gasteiger partial charge in [0.1, 0.15) is 23.6 Å². The summed E-state index contributed by atoms with van der Waals surface area (Å²) in [6.45, 7) is 0. The standard InChI is InChI=1S/C25H17F2N3O5S/c1-34-23-8-2-15(19-6-4-17(26)14-20(19)27)13-22(23)30-21-7-5-18(12-16(21)3-9-25(30)31)36(32,33)29-24-10-11-35-28-24/h2-14H,1H3,(H,28,29). The second-order valence-electron chi connectivity index (χ2n) is 7.73. The number of hydrogen-bond donors (Lipinski definition) is 1. The van der Waals surface area contributed by atoms with Gasteiger partial charge in [-0.15, -0.1) is 0 Å². The molecule has 0 fully saturated rings. The fourth-order valence-corrected chi connectivity index (χ4v) is 4.89. The van der Waals surface area contributed by atoms with Crippen LogP contribution in [0.3, 0.4) is 0 Å². The van der Waals surface area contributed by atoms with Crippen LogP contribution in [0.5, 0.6) is 5.75 Å². The summed E-state index contributed by atoms with van der Waals surface area (Å²) in [5.74, 6) is -1.13. The molecule has 0 saturated heterocycles. The van der Waals surface area contributed by atoms with Gasteiger partial charge in [-0.25, -0.2) is 17.2 Å².